The molecule has 1 radical (unpaired) electrons. The number of carbonyl (C=O) groups is 1. The fourth-order valence-corrected chi connectivity index (χ4v) is 8.07. The van der Waals surface area contributed by atoms with Crippen LogP contribution in [0.5, 0.6) is 0 Å². The van der Waals surface area contributed by atoms with Gasteiger partial charge < -0.3 is 5.11 Å². The molecule has 0 saturated carbocycles. The Kier molecular flexibility index (Phi) is 15.0. The second-order valence-corrected chi connectivity index (χ2v) is 16.9. The van der Waals surface area contributed by atoms with Crippen molar-refractivity contribution >= 4 is 38.0 Å². The van der Waals surface area contributed by atoms with Gasteiger partial charge in [-0.1, -0.05) is 123 Å². The molecule has 5 rings (SSSR count). The van der Waals surface area contributed by atoms with Crippen molar-refractivity contribution in [1.29, 1.82) is 0 Å². The minimum Gasteiger partial charge on any atom is -0.512 e. The van der Waals surface area contributed by atoms with Crippen LogP contribution in [-0.2, 0) is 36.7 Å². The summed E-state index contributed by atoms with van der Waals surface area (Å²) in [4.78, 5) is 17.9. The minimum atomic E-state index is 0. The Hall–Kier alpha value is -3.11. The Balaban J connectivity index is 0.000000374. The number of allylic oxidation sites excluding steroid dienone is 2. The molecule has 51 heavy (non-hydrogen) atoms. The number of benzene rings is 3. The standard InChI is InChI=1S/C33H34NS.C13H24O2.Ir/c1-21-26-16-17-34-29(25-18-24-10-8-9-11-27(24)28(19-25)33(5,6)7)31(26)35-30(21)23-14-12-22(13-15-23)20-32(2,3)4;1-5-10(6-2)12(14)9-13(15)11(7-3)8-4;/h8-17,19H,20H2,1-7H3;9-11,14H,5-8H2,1-4H3;/q-1;;/b;12-9-;. The van der Waals surface area contributed by atoms with E-state index >= 15 is 0 Å². The Labute approximate surface area is 325 Å². The molecule has 2 heterocycles. The third-order valence-corrected chi connectivity index (χ3v) is 11.1. The zero-order valence-electron chi connectivity index (χ0n) is 32.7. The van der Waals surface area contributed by atoms with Gasteiger partial charge in [-0.3, -0.25) is 9.78 Å². The maximum absolute atomic E-state index is 11.7. The first-order chi connectivity index (χ1) is 23.6. The van der Waals surface area contributed by atoms with Crippen molar-refractivity contribution in [1.82, 2.24) is 4.98 Å². The van der Waals surface area contributed by atoms with Crippen molar-refractivity contribution in [2.45, 2.75) is 114 Å². The molecule has 0 spiro atoms. The van der Waals surface area contributed by atoms with Gasteiger partial charge in [0, 0.05) is 59.5 Å². The third kappa shape index (κ3) is 10.5. The van der Waals surface area contributed by atoms with Gasteiger partial charge >= 0.3 is 0 Å². The monoisotopic (exact) mass is 881 g/mol. The number of thiophene rings is 1. The molecule has 5 aromatic rings. The van der Waals surface area contributed by atoms with E-state index in [9.17, 15) is 9.90 Å². The van der Waals surface area contributed by atoms with Crippen molar-refractivity contribution in [2.24, 2.45) is 17.3 Å². The second-order valence-electron chi connectivity index (χ2n) is 15.9. The molecule has 0 aliphatic heterocycles. The van der Waals surface area contributed by atoms with Crippen molar-refractivity contribution < 1.29 is 30.0 Å². The van der Waals surface area contributed by atoms with Gasteiger partial charge in [0.1, 0.15) is 0 Å². The summed E-state index contributed by atoms with van der Waals surface area (Å²) in [7, 11) is 0. The molecule has 275 valence electrons. The normalized spacial score (nSPS) is 12.3. The van der Waals surface area contributed by atoms with Crippen LogP contribution < -0.4 is 0 Å². The number of hydrogen-bond acceptors (Lipinski definition) is 4. The number of ketones is 1. The van der Waals surface area contributed by atoms with Crippen LogP contribution >= 0.6 is 11.3 Å². The summed E-state index contributed by atoms with van der Waals surface area (Å²) < 4.78 is 1.24. The van der Waals surface area contributed by atoms with Crippen LogP contribution in [0.1, 0.15) is 112 Å². The van der Waals surface area contributed by atoms with Crippen LogP contribution in [0.2, 0.25) is 0 Å². The molecule has 3 nitrogen and oxygen atoms in total. The van der Waals surface area contributed by atoms with E-state index in [-0.39, 0.29) is 54.3 Å². The van der Waals surface area contributed by atoms with Gasteiger partial charge in [-0.2, -0.15) is 0 Å². The Bertz CT molecular complexity index is 1930. The van der Waals surface area contributed by atoms with Gasteiger partial charge in [-0.15, -0.1) is 40.5 Å². The molecule has 5 heteroatoms. The van der Waals surface area contributed by atoms with Gasteiger partial charge in [-0.25, -0.2) is 0 Å². The minimum absolute atomic E-state index is 0. The average molecular weight is 881 g/mol. The maximum Gasteiger partial charge on any atom is 0.162 e. The van der Waals surface area contributed by atoms with E-state index < -0.39 is 0 Å². The topological polar surface area (TPSA) is 50.2 Å². The van der Waals surface area contributed by atoms with E-state index in [2.05, 4.69) is 115 Å². The molecule has 0 bridgehead atoms. The van der Waals surface area contributed by atoms with E-state index in [0.29, 0.717) is 0 Å². The van der Waals surface area contributed by atoms with Crippen LogP contribution in [0.3, 0.4) is 0 Å². The average Bonchev–Trinajstić information content (AvgIpc) is 3.41. The number of aliphatic hydroxyl groups excluding tert-OH is 1. The second kappa shape index (κ2) is 18.1. The zero-order chi connectivity index (χ0) is 36.8. The SMILES string of the molecule is CCC(CC)C(=O)/C=C(\O)C(CC)CC.Cc1c(-c2ccc(CC(C)(C)C)cc2)sc2c(-c3[c-]c4ccccc4c(C(C)(C)C)c3)nccc12.[Ir]. The van der Waals surface area contributed by atoms with E-state index in [1.54, 1.807) is 0 Å². The van der Waals surface area contributed by atoms with Gasteiger partial charge in [0.15, 0.2) is 5.78 Å². The largest absolute Gasteiger partial charge is 0.512 e. The Morgan fingerprint density at radius 3 is 2.04 bits per heavy atom. The molecule has 0 saturated heterocycles. The number of aromatic nitrogens is 1. The van der Waals surface area contributed by atoms with Crippen LogP contribution in [0.4, 0.5) is 0 Å². The van der Waals surface area contributed by atoms with Crippen molar-refractivity contribution in [2.75, 3.05) is 0 Å². The molecule has 0 aliphatic carbocycles. The summed E-state index contributed by atoms with van der Waals surface area (Å²) in [6.45, 7) is 24.0. The first-order valence-electron chi connectivity index (χ1n) is 18.5. The molecular weight excluding hydrogens is 823 g/mol. The van der Waals surface area contributed by atoms with Gasteiger partial charge in [0.25, 0.3) is 0 Å². The van der Waals surface area contributed by atoms with Crippen molar-refractivity contribution in [3.8, 4) is 21.7 Å². The summed E-state index contributed by atoms with van der Waals surface area (Å²) in [6, 6.07) is 25.9. The number of aliphatic hydroxyl groups is 1. The zero-order valence-corrected chi connectivity index (χ0v) is 35.9. The number of fused-ring (bicyclic) bond motifs is 2. The van der Waals surface area contributed by atoms with Gasteiger partial charge in [0.05, 0.1) is 5.76 Å². The molecule has 0 fully saturated rings. The fourth-order valence-electron chi connectivity index (χ4n) is 6.76. The first kappa shape index (κ1) is 42.3. The first-order valence-corrected chi connectivity index (χ1v) is 19.3. The predicted molar refractivity (Wildman–Crippen MR) is 217 cm³/mol. The number of pyridine rings is 1. The molecule has 1 N–H and O–H groups in total. The summed E-state index contributed by atoms with van der Waals surface area (Å²) in [5, 5.41) is 13.5. The number of aryl methyl sites for hydroxylation is 1. The number of hydrogen-bond donors (Lipinski definition) is 1. The number of carbonyl (C=O) groups excluding carboxylic acids is 1. The molecule has 0 aliphatic rings. The number of nitrogens with zero attached hydrogens (tertiary/aromatic N) is 1. The smallest absolute Gasteiger partial charge is 0.162 e. The van der Waals surface area contributed by atoms with Gasteiger partial charge in [-0.05, 0) is 78.0 Å². The van der Waals surface area contributed by atoms with E-state index in [1.165, 1.54) is 48.7 Å². The van der Waals surface area contributed by atoms with Crippen molar-refractivity contribution in [3.05, 3.63) is 101 Å². The molecule has 2 aromatic heterocycles. The van der Waals surface area contributed by atoms with E-state index in [0.717, 1.165) is 48.7 Å². The van der Waals surface area contributed by atoms with Crippen molar-refractivity contribution in [3.63, 3.8) is 0 Å². The van der Waals surface area contributed by atoms with E-state index in [1.807, 2.05) is 45.2 Å². The quantitative estimate of drug-likeness (QED) is 0.0864. The fraction of sp³-hybridized carbons (Fsp3) is 0.435. The summed E-state index contributed by atoms with van der Waals surface area (Å²) >= 11 is 1.85. The predicted octanol–water partition coefficient (Wildman–Crippen LogP) is 13.6. The molecule has 0 atom stereocenters. The Morgan fingerprint density at radius 2 is 1.47 bits per heavy atom. The molecule has 0 amide bonds. The van der Waals surface area contributed by atoms with E-state index in [4.69, 9.17) is 4.98 Å². The third-order valence-electron chi connectivity index (χ3n) is 9.72. The summed E-state index contributed by atoms with van der Waals surface area (Å²) in [5.74, 6) is 0.547. The van der Waals surface area contributed by atoms with Gasteiger partial charge in [0.2, 0.25) is 0 Å². The number of rotatable bonds is 10. The molecule has 0 unspecified atom stereocenters. The van der Waals surface area contributed by atoms with Crippen LogP contribution in [-0.4, -0.2) is 15.9 Å². The van der Waals surface area contributed by atoms with Crippen LogP contribution in [0.15, 0.2) is 78.7 Å². The van der Waals surface area contributed by atoms with Crippen LogP contribution in [0, 0.1) is 30.2 Å². The van der Waals surface area contributed by atoms with Crippen LogP contribution in [0.25, 0.3) is 42.6 Å². The summed E-state index contributed by atoms with van der Waals surface area (Å²) in [6.07, 6.45) is 7.94. The maximum atomic E-state index is 11.7. The molecule has 3 aromatic carbocycles. The Morgan fingerprint density at radius 1 is 0.863 bits per heavy atom. The molecular formula is C46H58IrNO2S-. The summed E-state index contributed by atoms with van der Waals surface area (Å²) in [5.41, 5.74) is 7.77.